The molecule has 0 aromatic heterocycles. The van der Waals surface area contributed by atoms with Gasteiger partial charge in [0.15, 0.2) is 0 Å². The van der Waals surface area contributed by atoms with Crippen LogP contribution in [0.4, 0.5) is 0 Å². The van der Waals surface area contributed by atoms with Crippen LogP contribution in [0.25, 0.3) is 0 Å². The molecular weight excluding hydrogens is 244 g/mol. The van der Waals surface area contributed by atoms with Crippen molar-refractivity contribution in [1.82, 2.24) is 10.2 Å². The smallest absolute Gasteiger partial charge is 0.0472 e. The molecule has 1 saturated carbocycles. The lowest BCUT2D eigenvalue weighted by atomic mass is 10.0. The van der Waals surface area contributed by atoms with E-state index in [9.17, 15) is 0 Å². The van der Waals surface area contributed by atoms with E-state index >= 15 is 0 Å². The third-order valence-electron chi connectivity index (χ3n) is 5.14. The summed E-state index contributed by atoms with van der Waals surface area (Å²) in [5.74, 6) is 1.96. The van der Waals surface area contributed by atoms with Gasteiger partial charge in [0.25, 0.3) is 0 Å². The van der Waals surface area contributed by atoms with Crippen molar-refractivity contribution in [3.63, 3.8) is 0 Å². The highest BCUT2D eigenvalue weighted by Crippen LogP contribution is 2.40. The van der Waals surface area contributed by atoms with Crippen molar-refractivity contribution in [1.29, 1.82) is 0 Å². The quantitative estimate of drug-likeness (QED) is 0.798. The molecule has 1 aromatic rings. The van der Waals surface area contributed by atoms with E-state index in [4.69, 9.17) is 0 Å². The van der Waals surface area contributed by atoms with Crippen LogP contribution in [0.15, 0.2) is 30.3 Å². The molecule has 3 atom stereocenters. The average molecular weight is 272 g/mol. The molecule has 2 fully saturated rings. The lowest BCUT2D eigenvalue weighted by Crippen LogP contribution is -2.35. The summed E-state index contributed by atoms with van der Waals surface area (Å²) in [6.45, 7) is 7.10. The summed E-state index contributed by atoms with van der Waals surface area (Å²) in [6, 6.07) is 11.6. The number of rotatable bonds is 6. The molecule has 1 saturated heterocycles. The SMILES string of the molecule is CCCNCC(c1ccccc1)N1CC2CCCC2C1. The van der Waals surface area contributed by atoms with Crippen LogP contribution in [-0.4, -0.2) is 31.1 Å². The van der Waals surface area contributed by atoms with Gasteiger partial charge in [-0.15, -0.1) is 0 Å². The molecule has 0 bridgehead atoms. The molecule has 1 aliphatic heterocycles. The molecule has 3 rings (SSSR count). The zero-order chi connectivity index (χ0) is 13.8. The van der Waals surface area contributed by atoms with Crippen LogP contribution in [0.2, 0.25) is 0 Å². The van der Waals surface area contributed by atoms with Crippen LogP contribution in [0.1, 0.15) is 44.2 Å². The van der Waals surface area contributed by atoms with Crippen molar-refractivity contribution in [3.8, 4) is 0 Å². The fourth-order valence-electron chi connectivity index (χ4n) is 4.07. The normalized spacial score (nSPS) is 27.6. The summed E-state index contributed by atoms with van der Waals surface area (Å²) in [5.41, 5.74) is 1.48. The zero-order valence-electron chi connectivity index (χ0n) is 12.7. The van der Waals surface area contributed by atoms with Crippen molar-refractivity contribution in [2.75, 3.05) is 26.2 Å². The number of hydrogen-bond acceptors (Lipinski definition) is 2. The molecule has 0 amide bonds. The number of likely N-dealkylation sites (tertiary alicyclic amines) is 1. The first kappa shape index (κ1) is 14.1. The second kappa shape index (κ2) is 6.73. The van der Waals surface area contributed by atoms with E-state index in [-0.39, 0.29) is 0 Å². The molecule has 3 unspecified atom stereocenters. The van der Waals surface area contributed by atoms with Crippen LogP contribution in [-0.2, 0) is 0 Å². The van der Waals surface area contributed by atoms with E-state index < -0.39 is 0 Å². The minimum absolute atomic E-state index is 0.563. The molecular formula is C18H28N2. The van der Waals surface area contributed by atoms with Crippen LogP contribution in [0.5, 0.6) is 0 Å². The van der Waals surface area contributed by atoms with Gasteiger partial charge in [-0.2, -0.15) is 0 Å². The Morgan fingerprint density at radius 3 is 2.50 bits per heavy atom. The van der Waals surface area contributed by atoms with E-state index in [0.717, 1.165) is 24.9 Å². The molecule has 0 radical (unpaired) electrons. The first-order valence-electron chi connectivity index (χ1n) is 8.38. The second-order valence-electron chi connectivity index (χ2n) is 6.54. The highest BCUT2D eigenvalue weighted by Gasteiger charge is 2.38. The van der Waals surface area contributed by atoms with E-state index in [0.29, 0.717) is 6.04 Å². The Morgan fingerprint density at radius 2 is 1.85 bits per heavy atom. The number of nitrogens with one attached hydrogen (secondary N) is 1. The van der Waals surface area contributed by atoms with Crippen LogP contribution in [0, 0.1) is 11.8 Å². The molecule has 2 aliphatic rings. The van der Waals surface area contributed by atoms with E-state index in [1.165, 1.54) is 44.3 Å². The predicted molar refractivity (Wildman–Crippen MR) is 84.7 cm³/mol. The molecule has 0 spiro atoms. The highest BCUT2D eigenvalue weighted by atomic mass is 15.2. The van der Waals surface area contributed by atoms with Crippen molar-refractivity contribution >= 4 is 0 Å². The van der Waals surface area contributed by atoms with Gasteiger partial charge in [-0.05, 0) is 43.2 Å². The third kappa shape index (κ3) is 3.07. The summed E-state index contributed by atoms with van der Waals surface area (Å²) in [6.07, 6.45) is 5.61. The van der Waals surface area contributed by atoms with Gasteiger partial charge < -0.3 is 5.32 Å². The Balaban J connectivity index is 1.69. The zero-order valence-corrected chi connectivity index (χ0v) is 12.7. The first-order chi connectivity index (χ1) is 9.88. The minimum Gasteiger partial charge on any atom is -0.315 e. The van der Waals surface area contributed by atoms with Crippen molar-refractivity contribution in [2.45, 2.75) is 38.6 Å². The summed E-state index contributed by atoms with van der Waals surface area (Å²) < 4.78 is 0. The van der Waals surface area contributed by atoms with Gasteiger partial charge in [0, 0.05) is 25.7 Å². The predicted octanol–water partition coefficient (Wildman–Crippen LogP) is 3.46. The average Bonchev–Trinajstić information content (AvgIpc) is 3.06. The molecule has 1 aromatic carbocycles. The Morgan fingerprint density at radius 1 is 1.15 bits per heavy atom. The Kier molecular flexibility index (Phi) is 4.74. The maximum Gasteiger partial charge on any atom is 0.0472 e. The maximum atomic E-state index is 3.63. The second-order valence-corrected chi connectivity index (χ2v) is 6.54. The highest BCUT2D eigenvalue weighted by molar-refractivity contribution is 5.20. The van der Waals surface area contributed by atoms with Gasteiger partial charge in [-0.1, -0.05) is 43.7 Å². The lowest BCUT2D eigenvalue weighted by molar-refractivity contribution is 0.221. The lowest BCUT2D eigenvalue weighted by Gasteiger charge is -2.29. The van der Waals surface area contributed by atoms with Gasteiger partial charge in [0.1, 0.15) is 0 Å². The number of hydrogen-bond donors (Lipinski definition) is 1. The molecule has 110 valence electrons. The van der Waals surface area contributed by atoms with Crippen LogP contribution in [0.3, 0.4) is 0 Å². The minimum atomic E-state index is 0.563. The van der Waals surface area contributed by atoms with Crippen molar-refractivity contribution < 1.29 is 0 Å². The molecule has 1 N–H and O–H groups in total. The van der Waals surface area contributed by atoms with Gasteiger partial charge >= 0.3 is 0 Å². The monoisotopic (exact) mass is 272 g/mol. The van der Waals surface area contributed by atoms with E-state index in [2.05, 4.69) is 47.5 Å². The van der Waals surface area contributed by atoms with Gasteiger partial charge in [0.2, 0.25) is 0 Å². The fourth-order valence-corrected chi connectivity index (χ4v) is 4.07. The Labute approximate surface area is 123 Å². The number of fused-ring (bicyclic) bond motifs is 1. The van der Waals surface area contributed by atoms with E-state index in [1.54, 1.807) is 0 Å². The summed E-state index contributed by atoms with van der Waals surface area (Å²) in [4.78, 5) is 2.74. The Bertz CT molecular complexity index is 391. The largest absolute Gasteiger partial charge is 0.315 e. The maximum absolute atomic E-state index is 3.63. The van der Waals surface area contributed by atoms with Gasteiger partial charge in [-0.3, -0.25) is 4.90 Å². The number of nitrogens with zero attached hydrogens (tertiary/aromatic N) is 1. The van der Waals surface area contributed by atoms with Crippen LogP contribution < -0.4 is 5.32 Å². The first-order valence-corrected chi connectivity index (χ1v) is 8.38. The van der Waals surface area contributed by atoms with Crippen molar-refractivity contribution in [2.24, 2.45) is 11.8 Å². The Hall–Kier alpha value is -0.860. The molecule has 1 aliphatic carbocycles. The summed E-state index contributed by atoms with van der Waals surface area (Å²) in [7, 11) is 0. The topological polar surface area (TPSA) is 15.3 Å². The summed E-state index contributed by atoms with van der Waals surface area (Å²) >= 11 is 0. The van der Waals surface area contributed by atoms with Gasteiger partial charge in [-0.25, -0.2) is 0 Å². The van der Waals surface area contributed by atoms with E-state index in [1.807, 2.05) is 0 Å². The molecule has 1 heterocycles. The molecule has 2 heteroatoms. The fraction of sp³-hybridized carbons (Fsp3) is 0.667. The van der Waals surface area contributed by atoms with Crippen LogP contribution >= 0.6 is 0 Å². The van der Waals surface area contributed by atoms with Gasteiger partial charge in [0.05, 0.1) is 0 Å². The molecule has 2 nitrogen and oxygen atoms in total. The third-order valence-corrected chi connectivity index (χ3v) is 5.14. The standard InChI is InChI=1S/C18H28N2/c1-2-11-19-12-18(15-7-4-3-5-8-15)20-13-16-9-6-10-17(16)14-20/h3-5,7-8,16-19H,2,6,9-14H2,1H3. The summed E-state index contributed by atoms with van der Waals surface area (Å²) in [5, 5.41) is 3.63. The van der Waals surface area contributed by atoms with Crippen molar-refractivity contribution in [3.05, 3.63) is 35.9 Å². The number of benzene rings is 1. The molecule has 20 heavy (non-hydrogen) atoms.